The summed E-state index contributed by atoms with van der Waals surface area (Å²) in [6.07, 6.45) is 0.324. The fraction of sp³-hybridized carbons (Fsp3) is 0.312. The second kappa shape index (κ2) is 7.13. The Labute approximate surface area is 128 Å². The van der Waals surface area contributed by atoms with Crippen LogP contribution < -0.4 is 14.8 Å². The van der Waals surface area contributed by atoms with E-state index in [0.29, 0.717) is 24.5 Å². The molecule has 0 aliphatic heterocycles. The SMILES string of the molecule is COc1ccc(CC(=O)NCc2ccc(C)s2)cc1OC. The summed E-state index contributed by atoms with van der Waals surface area (Å²) < 4.78 is 10.4. The first-order valence-corrected chi connectivity index (χ1v) is 7.47. The van der Waals surface area contributed by atoms with Crippen molar-refractivity contribution >= 4 is 17.2 Å². The van der Waals surface area contributed by atoms with Gasteiger partial charge in [-0.15, -0.1) is 11.3 Å². The molecular weight excluding hydrogens is 286 g/mol. The maximum absolute atomic E-state index is 12.0. The molecule has 2 aromatic rings. The molecule has 0 unspecified atom stereocenters. The van der Waals surface area contributed by atoms with Gasteiger partial charge in [-0.3, -0.25) is 4.79 Å². The predicted molar refractivity (Wildman–Crippen MR) is 84.2 cm³/mol. The highest BCUT2D eigenvalue weighted by Gasteiger charge is 2.08. The van der Waals surface area contributed by atoms with Crippen LogP contribution in [0.5, 0.6) is 11.5 Å². The highest BCUT2D eigenvalue weighted by molar-refractivity contribution is 7.11. The van der Waals surface area contributed by atoms with Crippen LogP contribution in [0.25, 0.3) is 0 Å². The first-order chi connectivity index (χ1) is 10.1. The minimum Gasteiger partial charge on any atom is -0.493 e. The number of benzene rings is 1. The van der Waals surface area contributed by atoms with E-state index in [1.807, 2.05) is 24.3 Å². The normalized spacial score (nSPS) is 10.2. The second-order valence-electron chi connectivity index (χ2n) is 4.66. The molecule has 0 fully saturated rings. The summed E-state index contributed by atoms with van der Waals surface area (Å²) in [6, 6.07) is 9.60. The molecule has 4 nitrogen and oxygen atoms in total. The Morgan fingerprint density at radius 2 is 1.90 bits per heavy atom. The molecule has 1 amide bonds. The second-order valence-corrected chi connectivity index (χ2v) is 6.03. The molecule has 0 spiro atoms. The highest BCUT2D eigenvalue weighted by Crippen LogP contribution is 2.27. The van der Waals surface area contributed by atoms with Crippen molar-refractivity contribution in [2.24, 2.45) is 0 Å². The van der Waals surface area contributed by atoms with E-state index < -0.39 is 0 Å². The Balaban J connectivity index is 1.93. The largest absolute Gasteiger partial charge is 0.493 e. The number of aryl methyl sites for hydroxylation is 1. The fourth-order valence-corrected chi connectivity index (χ4v) is 2.83. The highest BCUT2D eigenvalue weighted by atomic mass is 32.1. The zero-order valence-corrected chi connectivity index (χ0v) is 13.3. The van der Waals surface area contributed by atoms with Crippen LogP contribution in [0.2, 0.25) is 0 Å². The third-order valence-corrected chi connectivity index (χ3v) is 4.07. The number of nitrogens with one attached hydrogen (secondary N) is 1. The van der Waals surface area contributed by atoms with E-state index in [4.69, 9.17) is 9.47 Å². The first kappa shape index (κ1) is 15.4. The molecule has 0 aliphatic rings. The van der Waals surface area contributed by atoms with Crippen LogP contribution in [-0.4, -0.2) is 20.1 Å². The van der Waals surface area contributed by atoms with E-state index in [2.05, 4.69) is 18.3 Å². The molecule has 0 saturated carbocycles. The summed E-state index contributed by atoms with van der Waals surface area (Å²) in [7, 11) is 3.17. The van der Waals surface area contributed by atoms with Gasteiger partial charge in [0.2, 0.25) is 5.91 Å². The molecule has 1 aromatic heterocycles. The van der Waals surface area contributed by atoms with Crippen LogP contribution in [0.1, 0.15) is 15.3 Å². The topological polar surface area (TPSA) is 47.6 Å². The number of carbonyl (C=O) groups excluding carboxylic acids is 1. The molecular formula is C16H19NO3S. The summed E-state index contributed by atoms with van der Waals surface area (Å²) in [5.41, 5.74) is 0.896. The summed E-state index contributed by atoms with van der Waals surface area (Å²) in [4.78, 5) is 14.4. The molecule has 0 radical (unpaired) electrons. The number of rotatable bonds is 6. The van der Waals surface area contributed by atoms with E-state index in [1.54, 1.807) is 25.6 Å². The number of hydrogen-bond acceptors (Lipinski definition) is 4. The van der Waals surface area contributed by atoms with E-state index in [1.165, 1.54) is 4.88 Å². The lowest BCUT2D eigenvalue weighted by molar-refractivity contribution is -0.120. The smallest absolute Gasteiger partial charge is 0.224 e. The lowest BCUT2D eigenvalue weighted by Gasteiger charge is -2.09. The van der Waals surface area contributed by atoms with Crippen molar-refractivity contribution in [3.63, 3.8) is 0 Å². The van der Waals surface area contributed by atoms with Crippen molar-refractivity contribution < 1.29 is 14.3 Å². The fourth-order valence-electron chi connectivity index (χ4n) is 2.00. The molecule has 5 heteroatoms. The number of ether oxygens (including phenoxy) is 2. The number of methoxy groups -OCH3 is 2. The molecule has 21 heavy (non-hydrogen) atoms. The quantitative estimate of drug-likeness (QED) is 0.892. The lowest BCUT2D eigenvalue weighted by Crippen LogP contribution is -2.24. The molecule has 2 rings (SSSR count). The average Bonchev–Trinajstić information content (AvgIpc) is 2.90. The van der Waals surface area contributed by atoms with Crippen LogP contribution in [-0.2, 0) is 17.8 Å². The third kappa shape index (κ3) is 4.23. The summed E-state index contributed by atoms with van der Waals surface area (Å²) >= 11 is 1.70. The van der Waals surface area contributed by atoms with Crippen molar-refractivity contribution in [2.45, 2.75) is 19.9 Å². The van der Waals surface area contributed by atoms with Gasteiger partial charge >= 0.3 is 0 Å². The molecule has 1 heterocycles. The Kier molecular flexibility index (Phi) is 5.22. The van der Waals surface area contributed by atoms with E-state index >= 15 is 0 Å². The molecule has 1 aromatic carbocycles. The molecule has 0 atom stereocenters. The van der Waals surface area contributed by atoms with Gasteiger partial charge in [-0.25, -0.2) is 0 Å². The van der Waals surface area contributed by atoms with Crippen molar-refractivity contribution in [3.05, 3.63) is 45.6 Å². The maximum atomic E-state index is 12.0. The molecule has 1 N–H and O–H groups in total. The summed E-state index contributed by atoms with van der Waals surface area (Å²) in [5.74, 6) is 1.29. The Morgan fingerprint density at radius 3 is 2.52 bits per heavy atom. The number of amides is 1. The Morgan fingerprint density at radius 1 is 1.14 bits per heavy atom. The van der Waals surface area contributed by atoms with Crippen molar-refractivity contribution in [2.75, 3.05) is 14.2 Å². The van der Waals surface area contributed by atoms with Gasteiger partial charge in [0.05, 0.1) is 27.2 Å². The van der Waals surface area contributed by atoms with Gasteiger partial charge in [-0.05, 0) is 36.8 Å². The minimum atomic E-state index is -0.00623. The Hall–Kier alpha value is -2.01. The van der Waals surface area contributed by atoms with Gasteiger partial charge in [0.1, 0.15) is 0 Å². The average molecular weight is 305 g/mol. The van der Waals surface area contributed by atoms with Crippen molar-refractivity contribution in [3.8, 4) is 11.5 Å². The van der Waals surface area contributed by atoms with Gasteiger partial charge < -0.3 is 14.8 Å². The van der Waals surface area contributed by atoms with Gasteiger partial charge in [-0.1, -0.05) is 6.07 Å². The maximum Gasteiger partial charge on any atom is 0.224 e. The standard InChI is InChI=1S/C16H19NO3S/c1-11-4-6-13(21-11)10-17-16(18)9-12-5-7-14(19-2)15(8-12)20-3/h4-8H,9-10H2,1-3H3,(H,17,18). The lowest BCUT2D eigenvalue weighted by atomic mass is 10.1. The van der Waals surface area contributed by atoms with Gasteiger partial charge in [-0.2, -0.15) is 0 Å². The van der Waals surface area contributed by atoms with Crippen LogP contribution in [0.3, 0.4) is 0 Å². The summed E-state index contributed by atoms with van der Waals surface area (Å²) in [5, 5.41) is 2.93. The van der Waals surface area contributed by atoms with Gasteiger partial charge in [0.15, 0.2) is 11.5 Å². The molecule has 0 bridgehead atoms. The molecule has 0 saturated heterocycles. The van der Waals surface area contributed by atoms with E-state index in [9.17, 15) is 4.79 Å². The van der Waals surface area contributed by atoms with Crippen LogP contribution in [0.4, 0.5) is 0 Å². The van der Waals surface area contributed by atoms with Gasteiger partial charge in [0.25, 0.3) is 0 Å². The van der Waals surface area contributed by atoms with Gasteiger partial charge in [0, 0.05) is 9.75 Å². The number of thiophene rings is 1. The molecule has 0 aliphatic carbocycles. The number of hydrogen-bond donors (Lipinski definition) is 1. The Bertz CT molecular complexity index is 622. The van der Waals surface area contributed by atoms with Crippen molar-refractivity contribution in [1.29, 1.82) is 0 Å². The molecule has 112 valence electrons. The van der Waals surface area contributed by atoms with Crippen LogP contribution in [0.15, 0.2) is 30.3 Å². The van der Waals surface area contributed by atoms with Crippen LogP contribution in [0, 0.1) is 6.92 Å². The van der Waals surface area contributed by atoms with Crippen LogP contribution >= 0.6 is 11.3 Å². The zero-order chi connectivity index (χ0) is 15.2. The zero-order valence-electron chi connectivity index (χ0n) is 12.4. The first-order valence-electron chi connectivity index (χ1n) is 6.65. The monoisotopic (exact) mass is 305 g/mol. The van der Waals surface area contributed by atoms with Crippen molar-refractivity contribution in [1.82, 2.24) is 5.32 Å². The summed E-state index contributed by atoms with van der Waals surface area (Å²) in [6.45, 7) is 2.63. The van der Waals surface area contributed by atoms with E-state index in [0.717, 1.165) is 10.4 Å². The minimum absolute atomic E-state index is 0.00623. The number of carbonyl (C=O) groups is 1. The third-order valence-electron chi connectivity index (χ3n) is 3.07. The van der Waals surface area contributed by atoms with E-state index in [-0.39, 0.29) is 5.91 Å². The predicted octanol–water partition coefficient (Wildman–Crippen LogP) is 2.93.